The van der Waals surface area contributed by atoms with Crippen molar-refractivity contribution in [3.8, 4) is 0 Å². The zero-order valence-corrected chi connectivity index (χ0v) is 10.8. The minimum Gasteiger partial charge on any atom is -0.271 e. The lowest BCUT2D eigenvalue weighted by atomic mass is 10.1. The highest BCUT2D eigenvalue weighted by atomic mass is 19.1. The van der Waals surface area contributed by atoms with Crippen LogP contribution in [0.25, 0.3) is 0 Å². The Hall–Kier alpha value is -1.86. The van der Waals surface area contributed by atoms with Gasteiger partial charge in [-0.1, -0.05) is 6.92 Å². The van der Waals surface area contributed by atoms with Gasteiger partial charge in [-0.05, 0) is 18.1 Å². The summed E-state index contributed by atoms with van der Waals surface area (Å²) in [6.07, 6.45) is 5.77. The van der Waals surface area contributed by atoms with Crippen LogP contribution in [0.1, 0.15) is 30.8 Å². The molecule has 1 unspecified atom stereocenters. The molecule has 0 saturated carbocycles. The van der Waals surface area contributed by atoms with E-state index < -0.39 is 0 Å². The Morgan fingerprint density at radius 2 is 2.32 bits per heavy atom. The number of nitrogens with zero attached hydrogens (tertiary/aromatic N) is 4. The number of hydrogen-bond donors (Lipinski definition) is 2. The summed E-state index contributed by atoms with van der Waals surface area (Å²) in [6, 6.07) is 1.17. The maximum absolute atomic E-state index is 13.2. The molecule has 0 bridgehead atoms. The SMILES string of the molecule is CCCn1ncnc1CC(NN)c1cncc(F)c1. The number of halogens is 1. The van der Waals surface area contributed by atoms with Crippen LogP contribution < -0.4 is 11.3 Å². The van der Waals surface area contributed by atoms with Crippen molar-refractivity contribution in [2.24, 2.45) is 5.84 Å². The van der Waals surface area contributed by atoms with Crippen LogP contribution in [0.15, 0.2) is 24.8 Å². The Morgan fingerprint density at radius 1 is 1.47 bits per heavy atom. The minimum absolute atomic E-state index is 0.247. The number of hydrogen-bond acceptors (Lipinski definition) is 5. The predicted octanol–water partition coefficient (Wildman–Crippen LogP) is 0.969. The van der Waals surface area contributed by atoms with Crippen LogP contribution in [0.4, 0.5) is 4.39 Å². The summed E-state index contributed by atoms with van der Waals surface area (Å²) in [4.78, 5) is 8.04. The van der Waals surface area contributed by atoms with Gasteiger partial charge >= 0.3 is 0 Å². The molecule has 2 aromatic heterocycles. The molecule has 2 aromatic rings. The van der Waals surface area contributed by atoms with E-state index in [1.54, 1.807) is 6.20 Å². The van der Waals surface area contributed by atoms with E-state index in [1.807, 2.05) is 4.68 Å². The van der Waals surface area contributed by atoms with Gasteiger partial charge in [-0.2, -0.15) is 5.10 Å². The molecule has 2 rings (SSSR count). The molecule has 0 radical (unpaired) electrons. The number of hydrazine groups is 1. The van der Waals surface area contributed by atoms with Crippen LogP contribution in [0.2, 0.25) is 0 Å². The molecule has 2 heterocycles. The van der Waals surface area contributed by atoms with Crippen molar-refractivity contribution in [2.45, 2.75) is 32.4 Å². The van der Waals surface area contributed by atoms with E-state index in [-0.39, 0.29) is 11.9 Å². The van der Waals surface area contributed by atoms with Gasteiger partial charge < -0.3 is 0 Å². The Balaban J connectivity index is 2.17. The van der Waals surface area contributed by atoms with E-state index in [4.69, 9.17) is 5.84 Å². The molecule has 0 amide bonds. The topological polar surface area (TPSA) is 81.7 Å². The molecule has 0 spiro atoms. The molecule has 0 aliphatic carbocycles. The molecule has 0 aromatic carbocycles. The summed E-state index contributed by atoms with van der Waals surface area (Å²) >= 11 is 0. The van der Waals surface area contributed by atoms with Crippen molar-refractivity contribution < 1.29 is 4.39 Å². The van der Waals surface area contributed by atoms with Gasteiger partial charge in [-0.3, -0.25) is 20.9 Å². The summed E-state index contributed by atoms with van der Waals surface area (Å²) in [7, 11) is 0. The molecule has 0 saturated heterocycles. The van der Waals surface area contributed by atoms with Gasteiger partial charge in [0, 0.05) is 19.2 Å². The van der Waals surface area contributed by atoms with E-state index in [1.165, 1.54) is 12.4 Å². The maximum Gasteiger partial charge on any atom is 0.141 e. The monoisotopic (exact) mass is 264 g/mol. The third-order valence-corrected chi connectivity index (χ3v) is 2.85. The third kappa shape index (κ3) is 3.33. The molecular formula is C12H17FN6. The fourth-order valence-corrected chi connectivity index (χ4v) is 1.92. The summed E-state index contributed by atoms with van der Waals surface area (Å²) in [5.74, 6) is 5.97. The van der Waals surface area contributed by atoms with Crippen molar-refractivity contribution in [1.82, 2.24) is 25.2 Å². The first-order valence-electron chi connectivity index (χ1n) is 6.17. The average Bonchev–Trinajstić information content (AvgIpc) is 2.84. The number of nitrogens with two attached hydrogens (primary N) is 1. The van der Waals surface area contributed by atoms with Gasteiger partial charge in [0.05, 0.1) is 12.2 Å². The van der Waals surface area contributed by atoms with Gasteiger partial charge in [0.2, 0.25) is 0 Å². The minimum atomic E-state index is -0.382. The molecule has 0 aliphatic rings. The molecule has 6 nitrogen and oxygen atoms in total. The number of pyridine rings is 1. The third-order valence-electron chi connectivity index (χ3n) is 2.85. The van der Waals surface area contributed by atoms with Crippen LogP contribution in [0, 0.1) is 5.82 Å². The van der Waals surface area contributed by atoms with E-state index in [0.29, 0.717) is 12.0 Å². The molecule has 102 valence electrons. The van der Waals surface area contributed by atoms with E-state index in [9.17, 15) is 4.39 Å². The fourth-order valence-electron chi connectivity index (χ4n) is 1.92. The lowest BCUT2D eigenvalue weighted by molar-refractivity contribution is 0.495. The zero-order valence-electron chi connectivity index (χ0n) is 10.8. The molecule has 19 heavy (non-hydrogen) atoms. The standard InChI is InChI=1S/C12H17FN6/c1-2-3-19-12(16-8-17-19)5-11(18-14)9-4-10(13)7-15-6-9/h4,6-8,11,18H,2-3,5,14H2,1H3. The predicted molar refractivity (Wildman–Crippen MR) is 68.3 cm³/mol. The van der Waals surface area contributed by atoms with Crippen molar-refractivity contribution in [3.05, 3.63) is 42.0 Å². The van der Waals surface area contributed by atoms with Crippen molar-refractivity contribution >= 4 is 0 Å². The van der Waals surface area contributed by atoms with Crippen LogP contribution >= 0.6 is 0 Å². The first-order valence-corrected chi connectivity index (χ1v) is 6.17. The van der Waals surface area contributed by atoms with Crippen molar-refractivity contribution in [3.63, 3.8) is 0 Å². The summed E-state index contributed by atoms with van der Waals surface area (Å²) in [6.45, 7) is 2.87. The number of nitrogens with one attached hydrogen (secondary N) is 1. The lowest BCUT2D eigenvalue weighted by Gasteiger charge is -2.15. The van der Waals surface area contributed by atoms with Gasteiger partial charge in [0.1, 0.15) is 18.0 Å². The first kappa shape index (κ1) is 13.6. The van der Waals surface area contributed by atoms with Gasteiger partial charge in [-0.25, -0.2) is 9.37 Å². The molecule has 0 fully saturated rings. The van der Waals surface area contributed by atoms with Gasteiger partial charge in [-0.15, -0.1) is 0 Å². The Labute approximate surface area is 110 Å². The highest BCUT2D eigenvalue weighted by Crippen LogP contribution is 2.16. The normalized spacial score (nSPS) is 12.6. The Bertz CT molecular complexity index is 526. The first-order chi connectivity index (χ1) is 9.24. The van der Waals surface area contributed by atoms with Crippen LogP contribution in [0.5, 0.6) is 0 Å². The highest BCUT2D eigenvalue weighted by Gasteiger charge is 2.15. The van der Waals surface area contributed by atoms with E-state index in [2.05, 4.69) is 27.4 Å². The highest BCUT2D eigenvalue weighted by molar-refractivity contribution is 5.16. The van der Waals surface area contributed by atoms with Crippen molar-refractivity contribution in [2.75, 3.05) is 0 Å². The van der Waals surface area contributed by atoms with E-state index >= 15 is 0 Å². The zero-order chi connectivity index (χ0) is 13.7. The van der Waals surface area contributed by atoms with E-state index in [0.717, 1.165) is 25.0 Å². The molecule has 7 heteroatoms. The smallest absolute Gasteiger partial charge is 0.141 e. The van der Waals surface area contributed by atoms with Crippen LogP contribution in [0.3, 0.4) is 0 Å². The van der Waals surface area contributed by atoms with Crippen molar-refractivity contribution in [1.29, 1.82) is 0 Å². The number of aryl methyl sites for hydroxylation is 1. The second-order valence-corrected chi connectivity index (χ2v) is 4.26. The lowest BCUT2D eigenvalue weighted by Crippen LogP contribution is -2.30. The summed E-state index contributed by atoms with van der Waals surface area (Å²) in [5.41, 5.74) is 3.35. The van der Waals surface area contributed by atoms with Crippen LogP contribution in [-0.4, -0.2) is 19.7 Å². The fraction of sp³-hybridized carbons (Fsp3) is 0.417. The summed E-state index contributed by atoms with van der Waals surface area (Å²) < 4.78 is 15.0. The average molecular weight is 264 g/mol. The van der Waals surface area contributed by atoms with Gasteiger partial charge in [0.25, 0.3) is 0 Å². The molecule has 1 atom stereocenters. The number of rotatable bonds is 6. The Morgan fingerprint density at radius 3 is 3.00 bits per heavy atom. The second-order valence-electron chi connectivity index (χ2n) is 4.26. The maximum atomic E-state index is 13.2. The number of aromatic nitrogens is 4. The largest absolute Gasteiger partial charge is 0.271 e. The second kappa shape index (κ2) is 6.35. The quantitative estimate of drug-likeness (QED) is 0.600. The molecule has 3 N–H and O–H groups in total. The molecular weight excluding hydrogens is 247 g/mol. The van der Waals surface area contributed by atoms with Gasteiger partial charge in [0.15, 0.2) is 0 Å². The Kier molecular flexibility index (Phi) is 4.53. The molecule has 0 aliphatic heterocycles. The summed E-state index contributed by atoms with van der Waals surface area (Å²) in [5, 5.41) is 4.15. The van der Waals surface area contributed by atoms with Crippen LogP contribution in [-0.2, 0) is 13.0 Å².